The number of carbonyl (C=O) groups is 2. The van der Waals surface area contributed by atoms with E-state index in [2.05, 4.69) is 10.6 Å². The zero-order valence-corrected chi connectivity index (χ0v) is 18.3. The predicted molar refractivity (Wildman–Crippen MR) is 119 cm³/mol. The Balaban J connectivity index is 2.03. The summed E-state index contributed by atoms with van der Waals surface area (Å²) in [6.45, 7) is 4.24. The smallest absolute Gasteiger partial charge is 0.241 e. The molecule has 1 atom stereocenters. The zero-order chi connectivity index (χ0) is 20.7. The van der Waals surface area contributed by atoms with Gasteiger partial charge in [0.25, 0.3) is 0 Å². The van der Waals surface area contributed by atoms with Crippen LogP contribution in [0, 0.1) is 0 Å². The predicted octanol–water partition coefficient (Wildman–Crippen LogP) is 5.00. The molecular weight excluding hydrogens is 417 g/mol. The molecule has 0 heterocycles. The lowest BCUT2D eigenvalue weighted by Crippen LogP contribution is -2.45. The molecule has 0 spiro atoms. The van der Waals surface area contributed by atoms with Gasteiger partial charge in [-0.25, -0.2) is 0 Å². The first-order chi connectivity index (χ1) is 13.4. The van der Waals surface area contributed by atoms with Gasteiger partial charge in [0.05, 0.1) is 34.0 Å². The van der Waals surface area contributed by atoms with E-state index in [1.165, 1.54) is 0 Å². The van der Waals surface area contributed by atoms with Crippen molar-refractivity contribution in [2.75, 3.05) is 30.0 Å². The summed E-state index contributed by atoms with van der Waals surface area (Å²) >= 11 is 13.8. The fourth-order valence-corrected chi connectivity index (χ4v) is 3.70. The first-order valence-corrected chi connectivity index (χ1v) is 10.8. The van der Waals surface area contributed by atoms with Crippen molar-refractivity contribution < 1.29 is 9.59 Å². The molecule has 0 aliphatic carbocycles. The van der Waals surface area contributed by atoms with Crippen LogP contribution in [0.1, 0.15) is 13.8 Å². The number of para-hydroxylation sites is 2. The van der Waals surface area contributed by atoms with Gasteiger partial charge in [-0.2, -0.15) is 0 Å². The van der Waals surface area contributed by atoms with E-state index in [0.29, 0.717) is 22.3 Å². The highest BCUT2D eigenvalue weighted by atomic mass is 35.5. The molecule has 2 aromatic carbocycles. The Hall–Kier alpha value is -1.73. The van der Waals surface area contributed by atoms with Crippen LogP contribution in [-0.4, -0.2) is 42.1 Å². The highest BCUT2D eigenvalue weighted by molar-refractivity contribution is 7.98. The van der Waals surface area contributed by atoms with Crippen LogP contribution in [-0.2, 0) is 9.59 Å². The molecule has 0 saturated carbocycles. The van der Waals surface area contributed by atoms with Crippen LogP contribution in [0.5, 0.6) is 0 Å². The van der Waals surface area contributed by atoms with E-state index >= 15 is 0 Å². The average Bonchev–Trinajstić information content (AvgIpc) is 2.69. The van der Waals surface area contributed by atoms with Crippen molar-refractivity contribution >= 4 is 58.2 Å². The molecule has 0 aliphatic rings. The summed E-state index contributed by atoms with van der Waals surface area (Å²) < 4.78 is 0. The van der Waals surface area contributed by atoms with E-state index in [1.807, 2.05) is 37.4 Å². The van der Waals surface area contributed by atoms with Crippen LogP contribution in [0.25, 0.3) is 0 Å². The van der Waals surface area contributed by atoms with Crippen LogP contribution in [0.4, 0.5) is 11.4 Å². The standard InChI is InChI=1S/C20H23Cl2N3O2S/c1-4-25(12-18(26)24-19-14(21)8-7-9-15(19)22)13(2)20(27)23-16-10-5-6-11-17(16)28-3/h5-11,13H,4,12H2,1-3H3,(H,23,27)(H,24,26). The summed E-state index contributed by atoms with van der Waals surface area (Å²) in [7, 11) is 0. The fourth-order valence-electron chi connectivity index (χ4n) is 2.65. The van der Waals surface area contributed by atoms with Crippen molar-refractivity contribution in [3.8, 4) is 0 Å². The van der Waals surface area contributed by atoms with Gasteiger partial charge in [0, 0.05) is 4.90 Å². The minimum atomic E-state index is -0.493. The summed E-state index contributed by atoms with van der Waals surface area (Å²) in [5.41, 5.74) is 1.13. The summed E-state index contributed by atoms with van der Waals surface area (Å²) in [5.74, 6) is -0.465. The van der Waals surface area contributed by atoms with Crippen LogP contribution < -0.4 is 10.6 Å². The number of hydrogen-bond acceptors (Lipinski definition) is 4. The van der Waals surface area contributed by atoms with Crippen LogP contribution in [0.15, 0.2) is 47.4 Å². The van der Waals surface area contributed by atoms with E-state index in [4.69, 9.17) is 23.2 Å². The largest absolute Gasteiger partial charge is 0.324 e. The van der Waals surface area contributed by atoms with Gasteiger partial charge in [-0.3, -0.25) is 14.5 Å². The van der Waals surface area contributed by atoms with E-state index < -0.39 is 6.04 Å². The Labute approximate surface area is 179 Å². The molecule has 0 fully saturated rings. The molecule has 2 rings (SSSR count). The topological polar surface area (TPSA) is 61.4 Å². The number of rotatable bonds is 8. The van der Waals surface area contributed by atoms with Crippen LogP contribution >= 0.6 is 35.0 Å². The summed E-state index contributed by atoms with van der Waals surface area (Å²) in [5, 5.41) is 6.40. The van der Waals surface area contributed by atoms with Crippen molar-refractivity contribution in [3.05, 3.63) is 52.5 Å². The summed E-state index contributed by atoms with van der Waals surface area (Å²) in [4.78, 5) is 27.9. The molecule has 28 heavy (non-hydrogen) atoms. The van der Waals surface area contributed by atoms with Gasteiger partial charge in [0.15, 0.2) is 0 Å². The second-order valence-electron chi connectivity index (χ2n) is 6.07. The third-order valence-electron chi connectivity index (χ3n) is 4.27. The molecule has 8 heteroatoms. The van der Waals surface area contributed by atoms with Crippen molar-refractivity contribution in [2.45, 2.75) is 24.8 Å². The van der Waals surface area contributed by atoms with Crippen LogP contribution in [0.3, 0.4) is 0 Å². The first-order valence-electron chi connectivity index (χ1n) is 8.79. The highest BCUT2D eigenvalue weighted by Crippen LogP contribution is 2.29. The maximum atomic E-state index is 12.7. The SMILES string of the molecule is CCN(CC(=O)Nc1c(Cl)cccc1Cl)C(C)C(=O)Nc1ccccc1SC. The Morgan fingerprint density at radius 3 is 2.32 bits per heavy atom. The molecule has 150 valence electrons. The molecule has 0 saturated heterocycles. The van der Waals surface area contributed by atoms with Crippen molar-refractivity contribution in [2.24, 2.45) is 0 Å². The lowest BCUT2D eigenvalue weighted by Gasteiger charge is -2.26. The average molecular weight is 440 g/mol. The second-order valence-corrected chi connectivity index (χ2v) is 7.74. The number of anilines is 2. The van der Waals surface area contributed by atoms with Crippen molar-refractivity contribution in [1.82, 2.24) is 4.90 Å². The molecular formula is C20H23Cl2N3O2S. The monoisotopic (exact) mass is 439 g/mol. The van der Waals surface area contributed by atoms with E-state index in [0.717, 1.165) is 10.6 Å². The van der Waals surface area contributed by atoms with Gasteiger partial charge < -0.3 is 10.6 Å². The number of likely N-dealkylation sites (N-methyl/N-ethyl adjacent to an activating group) is 1. The Bertz CT molecular complexity index is 828. The molecule has 5 nitrogen and oxygen atoms in total. The summed E-state index contributed by atoms with van der Waals surface area (Å²) in [6, 6.07) is 12.1. The molecule has 0 aromatic heterocycles. The Kier molecular flexibility index (Phi) is 8.63. The third-order valence-corrected chi connectivity index (χ3v) is 5.70. The lowest BCUT2D eigenvalue weighted by atomic mass is 10.2. The van der Waals surface area contributed by atoms with E-state index in [-0.39, 0.29) is 18.4 Å². The number of hydrogen-bond donors (Lipinski definition) is 2. The molecule has 1 unspecified atom stereocenters. The van der Waals surface area contributed by atoms with E-state index in [9.17, 15) is 9.59 Å². The second kappa shape index (κ2) is 10.7. The van der Waals surface area contributed by atoms with Crippen molar-refractivity contribution in [1.29, 1.82) is 0 Å². The van der Waals surface area contributed by atoms with Gasteiger partial charge in [-0.05, 0) is 44.0 Å². The minimum absolute atomic E-state index is 0.0385. The molecule has 2 N–H and O–H groups in total. The van der Waals surface area contributed by atoms with Gasteiger partial charge in [-0.15, -0.1) is 11.8 Å². The molecule has 0 radical (unpaired) electrons. The van der Waals surface area contributed by atoms with Gasteiger partial charge in [0.2, 0.25) is 11.8 Å². The normalized spacial score (nSPS) is 11.9. The van der Waals surface area contributed by atoms with Gasteiger partial charge in [-0.1, -0.05) is 48.3 Å². The molecule has 0 bridgehead atoms. The minimum Gasteiger partial charge on any atom is -0.324 e. The Morgan fingerprint density at radius 2 is 1.71 bits per heavy atom. The lowest BCUT2D eigenvalue weighted by molar-refractivity contribution is -0.123. The number of amides is 2. The van der Waals surface area contributed by atoms with E-state index in [1.54, 1.807) is 41.8 Å². The zero-order valence-electron chi connectivity index (χ0n) is 16.0. The van der Waals surface area contributed by atoms with Gasteiger partial charge in [0.1, 0.15) is 0 Å². The highest BCUT2D eigenvalue weighted by Gasteiger charge is 2.23. The molecule has 2 aromatic rings. The molecule has 2 amide bonds. The third kappa shape index (κ3) is 5.88. The Morgan fingerprint density at radius 1 is 1.07 bits per heavy atom. The quantitative estimate of drug-likeness (QED) is 0.567. The van der Waals surface area contributed by atoms with Crippen LogP contribution in [0.2, 0.25) is 10.0 Å². The number of benzene rings is 2. The van der Waals surface area contributed by atoms with Gasteiger partial charge >= 0.3 is 0 Å². The van der Waals surface area contributed by atoms with Crippen molar-refractivity contribution in [3.63, 3.8) is 0 Å². The number of carbonyl (C=O) groups excluding carboxylic acids is 2. The maximum Gasteiger partial charge on any atom is 0.241 e. The first kappa shape index (κ1) is 22.6. The summed E-state index contributed by atoms with van der Waals surface area (Å²) in [6.07, 6.45) is 1.96. The number of nitrogens with zero attached hydrogens (tertiary/aromatic N) is 1. The number of nitrogens with one attached hydrogen (secondary N) is 2. The maximum absolute atomic E-state index is 12.7. The number of halogens is 2. The number of thioether (sulfide) groups is 1. The fraction of sp³-hybridized carbons (Fsp3) is 0.300. The molecule has 0 aliphatic heterocycles.